The molecule has 4 atom stereocenters. The SMILES string of the molecule is CC1CCCC(OC(CN=[N+]=[N-])[C@@H](NC=O)c2ccc(OC(C)(C)C)cc2)O1. The van der Waals surface area contributed by atoms with E-state index in [4.69, 9.17) is 19.7 Å². The van der Waals surface area contributed by atoms with Crippen LogP contribution in [0, 0.1) is 0 Å². The van der Waals surface area contributed by atoms with Crippen LogP contribution in [0.4, 0.5) is 0 Å². The molecule has 0 spiro atoms. The number of carbonyl (C=O) groups is 1. The molecule has 1 saturated heterocycles. The van der Waals surface area contributed by atoms with Gasteiger partial charge in [0.25, 0.3) is 0 Å². The number of hydrogen-bond acceptors (Lipinski definition) is 5. The number of benzene rings is 1. The minimum absolute atomic E-state index is 0.0799. The van der Waals surface area contributed by atoms with Gasteiger partial charge in [-0.1, -0.05) is 17.2 Å². The molecule has 1 aromatic rings. The first kappa shape index (κ1) is 22.0. The molecular weight excluding hydrogens is 360 g/mol. The van der Waals surface area contributed by atoms with E-state index in [1.807, 2.05) is 52.0 Å². The Morgan fingerprint density at radius 3 is 2.64 bits per heavy atom. The van der Waals surface area contributed by atoms with Crippen LogP contribution in [0.25, 0.3) is 10.4 Å². The first-order chi connectivity index (χ1) is 13.3. The molecule has 1 amide bonds. The van der Waals surface area contributed by atoms with Crippen LogP contribution in [0.2, 0.25) is 0 Å². The summed E-state index contributed by atoms with van der Waals surface area (Å²) in [5.41, 5.74) is 9.28. The summed E-state index contributed by atoms with van der Waals surface area (Å²) < 4.78 is 17.8. The third kappa shape index (κ3) is 7.03. The predicted molar refractivity (Wildman–Crippen MR) is 106 cm³/mol. The molecule has 1 aromatic carbocycles. The van der Waals surface area contributed by atoms with Gasteiger partial charge in [-0.15, -0.1) is 0 Å². The van der Waals surface area contributed by atoms with E-state index in [1.54, 1.807) is 0 Å². The van der Waals surface area contributed by atoms with Crippen molar-refractivity contribution in [3.8, 4) is 5.75 Å². The van der Waals surface area contributed by atoms with Crippen molar-refractivity contribution in [1.29, 1.82) is 0 Å². The lowest BCUT2D eigenvalue weighted by atomic mass is 10.0. The molecule has 2 rings (SSSR count). The van der Waals surface area contributed by atoms with E-state index in [0.717, 1.165) is 30.6 Å². The molecular formula is C20H30N4O4. The van der Waals surface area contributed by atoms with Crippen molar-refractivity contribution in [2.75, 3.05) is 6.54 Å². The standard InChI is InChI=1S/C20H30N4O4/c1-14-6-5-7-18(26-14)27-17(12-23-24-21)19(22-13-25)15-8-10-16(11-9-15)28-20(2,3)4/h8-11,13-14,17-19H,5-7,12H2,1-4H3,(H,22,25)/t14?,17?,18?,19-/m0/s1. The first-order valence-electron chi connectivity index (χ1n) is 9.63. The molecule has 0 bridgehead atoms. The highest BCUT2D eigenvalue weighted by Gasteiger charge is 2.29. The quantitative estimate of drug-likeness (QED) is 0.294. The van der Waals surface area contributed by atoms with E-state index < -0.39 is 12.1 Å². The average Bonchev–Trinajstić information content (AvgIpc) is 2.63. The number of nitrogens with zero attached hydrogens (tertiary/aromatic N) is 3. The van der Waals surface area contributed by atoms with Gasteiger partial charge in [-0.3, -0.25) is 4.79 Å². The Morgan fingerprint density at radius 1 is 1.36 bits per heavy atom. The van der Waals surface area contributed by atoms with Gasteiger partial charge in [-0.2, -0.15) is 0 Å². The number of nitrogens with one attached hydrogen (secondary N) is 1. The molecule has 1 aliphatic heterocycles. The van der Waals surface area contributed by atoms with Crippen molar-refractivity contribution in [3.63, 3.8) is 0 Å². The molecule has 0 saturated carbocycles. The second kappa shape index (κ2) is 10.3. The topological polar surface area (TPSA) is 106 Å². The highest BCUT2D eigenvalue weighted by molar-refractivity contribution is 5.48. The summed E-state index contributed by atoms with van der Waals surface area (Å²) in [6.07, 6.45) is 2.57. The summed E-state index contributed by atoms with van der Waals surface area (Å²) >= 11 is 0. The molecule has 1 aliphatic rings. The molecule has 1 N–H and O–H groups in total. The van der Waals surface area contributed by atoms with Crippen molar-refractivity contribution in [2.45, 2.75) is 77.1 Å². The fourth-order valence-corrected chi connectivity index (χ4v) is 3.19. The number of azide groups is 1. The van der Waals surface area contributed by atoms with Crippen molar-refractivity contribution in [3.05, 3.63) is 40.3 Å². The van der Waals surface area contributed by atoms with Gasteiger partial charge < -0.3 is 19.5 Å². The summed E-state index contributed by atoms with van der Waals surface area (Å²) in [7, 11) is 0. The van der Waals surface area contributed by atoms with Crippen LogP contribution in [-0.2, 0) is 14.3 Å². The maximum atomic E-state index is 11.2. The van der Waals surface area contributed by atoms with Crippen LogP contribution in [0.5, 0.6) is 5.75 Å². The van der Waals surface area contributed by atoms with E-state index in [-0.39, 0.29) is 24.5 Å². The Morgan fingerprint density at radius 2 is 2.07 bits per heavy atom. The van der Waals surface area contributed by atoms with Crippen molar-refractivity contribution >= 4 is 6.41 Å². The summed E-state index contributed by atoms with van der Waals surface area (Å²) in [4.78, 5) is 14.1. The maximum Gasteiger partial charge on any atom is 0.207 e. The van der Waals surface area contributed by atoms with Crippen molar-refractivity contribution in [1.82, 2.24) is 5.32 Å². The predicted octanol–water partition coefficient (Wildman–Crippen LogP) is 4.26. The molecule has 3 unspecified atom stereocenters. The monoisotopic (exact) mass is 390 g/mol. The molecule has 0 aromatic heterocycles. The lowest BCUT2D eigenvalue weighted by Gasteiger charge is -2.34. The van der Waals surface area contributed by atoms with Crippen LogP contribution in [0.15, 0.2) is 29.4 Å². The van der Waals surface area contributed by atoms with Crippen LogP contribution in [0.1, 0.15) is 58.6 Å². The highest BCUT2D eigenvalue weighted by Crippen LogP contribution is 2.28. The van der Waals surface area contributed by atoms with Gasteiger partial charge in [0.05, 0.1) is 24.8 Å². The normalized spacial score (nSPS) is 21.9. The van der Waals surface area contributed by atoms with Crippen molar-refractivity contribution in [2.24, 2.45) is 5.11 Å². The molecule has 8 nitrogen and oxygen atoms in total. The minimum Gasteiger partial charge on any atom is -0.488 e. The number of carbonyl (C=O) groups excluding carboxylic acids is 1. The van der Waals surface area contributed by atoms with E-state index in [9.17, 15) is 4.79 Å². The fourth-order valence-electron chi connectivity index (χ4n) is 3.19. The largest absolute Gasteiger partial charge is 0.488 e. The fraction of sp³-hybridized carbons (Fsp3) is 0.650. The molecule has 0 radical (unpaired) electrons. The molecule has 8 heteroatoms. The zero-order valence-electron chi connectivity index (χ0n) is 17.0. The Hall–Kier alpha value is -2.28. The van der Waals surface area contributed by atoms with Crippen LogP contribution in [0.3, 0.4) is 0 Å². The Labute approximate surface area is 166 Å². The summed E-state index contributed by atoms with van der Waals surface area (Å²) in [5.74, 6) is 0.734. The first-order valence-corrected chi connectivity index (χ1v) is 9.63. The second-order valence-electron chi connectivity index (χ2n) is 7.94. The zero-order chi connectivity index (χ0) is 20.6. The molecule has 0 aliphatic carbocycles. The third-order valence-corrected chi connectivity index (χ3v) is 4.37. The zero-order valence-corrected chi connectivity index (χ0v) is 17.0. The van der Waals surface area contributed by atoms with E-state index >= 15 is 0 Å². The smallest absolute Gasteiger partial charge is 0.207 e. The van der Waals surface area contributed by atoms with Crippen LogP contribution in [-0.4, -0.2) is 37.1 Å². The van der Waals surface area contributed by atoms with Gasteiger partial charge in [-0.05, 0) is 70.2 Å². The number of hydrogen-bond donors (Lipinski definition) is 1. The number of rotatable bonds is 9. The van der Waals surface area contributed by atoms with E-state index in [1.165, 1.54) is 0 Å². The summed E-state index contributed by atoms with van der Waals surface area (Å²) in [6, 6.07) is 6.97. The molecule has 1 fully saturated rings. The lowest BCUT2D eigenvalue weighted by molar-refractivity contribution is -0.214. The minimum atomic E-state index is -0.550. The lowest BCUT2D eigenvalue weighted by Crippen LogP contribution is -2.40. The molecule has 154 valence electrons. The summed E-state index contributed by atoms with van der Waals surface area (Å²) in [6.45, 7) is 8.02. The van der Waals surface area contributed by atoms with Gasteiger partial charge in [-0.25, -0.2) is 0 Å². The molecule has 28 heavy (non-hydrogen) atoms. The van der Waals surface area contributed by atoms with Crippen molar-refractivity contribution < 1.29 is 19.0 Å². The average molecular weight is 390 g/mol. The van der Waals surface area contributed by atoms with Crippen LogP contribution < -0.4 is 10.1 Å². The Kier molecular flexibility index (Phi) is 8.11. The van der Waals surface area contributed by atoms with Gasteiger partial charge in [0, 0.05) is 4.91 Å². The number of ether oxygens (including phenoxy) is 3. The third-order valence-electron chi connectivity index (χ3n) is 4.37. The Balaban J connectivity index is 2.19. The van der Waals surface area contributed by atoms with Gasteiger partial charge >= 0.3 is 0 Å². The van der Waals surface area contributed by atoms with E-state index in [2.05, 4.69) is 15.3 Å². The highest BCUT2D eigenvalue weighted by atomic mass is 16.7. The van der Waals surface area contributed by atoms with Crippen LogP contribution >= 0.6 is 0 Å². The van der Waals surface area contributed by atoms with E-state index in [0.29, 0.717) is 6.41 Å². The van der Waals surface area contributed by atoms with Gasteiger partial charge in [0.15, 0.2) is 6.29 Å². The Bertz CT molecular complexity index is 668. The maximum absolute atomic E-state index is 11.2. The summed E-state index contributed by atoms with van der Waals surface area (Å²) in [5, 5.41) is 6.46. The second-order valence-corrected chi connectivity index (χ2v) is 7.94. The molecule has 1 heterocycles. The van der Waals surface area contributed by atoms with Gasteiger partial charge in [0.1, 0.15) is 11.4 Å². The van der Waals surface area contributed by atoms with Gasteiger partial charge in [0.2, 0.25) is 6.41 Å². The number of amides is 1.